The van der Waals surface area contributed by atoms with Crippen LogP contribution in [0.2, 0.25) is 10.0 Å². The van der Waals surface area contributed by atoms with Gasteiger partial charge in [-0.25, -0.2) is 4.98 Å². The molecule has 3 aromatic carbocycles. The molecule has 226 valence electrons. The van der Waals surface area contributed by atoms with Gasteiger partial charge in [0.15, 0.2) is 5.16 Å². The molecule has 0 unspecified atom stereocenters. The number of amides is 1. The quantitative estimate of drug-likeness (QED) is 0.114. The standard InChI is InChI=1S/C33H26Cl2N6O3S/c1-41(25-11-13-37-14-12-25)15-16-44-26-8-5-22(6-9-26)30-27(19-36)32(43)40-33(39-30)45-20-21-3-2-4-24(17-21)38-31(42)23-7-10-28(34)29(35)18-23/h2-14,17-18H,15-16,20H2,1H3,(H,38,42)(H,39,40,43). The first-order valence-corrected chi connectivity index (χ1v) is 15.4. The number of hydrogen-bond acceptors (Lipinski definition) is 8. The molecule has 12 heteroatoms. The number of benzene rings is 3. The van der Waals surface area contributed by atoms with Crippen molar-refractivity contribution in [2.24, 2.45) is 0 Å². The van der Waals surface area contributed by atoms with Crippen LogP contribution in [0.4, 0.5) is 11.4 Å². The number of likely N-dealkylation sites (N-methyl/N-ethyl adjacent to an activating group) is 1. The molecule has 0 aliphatic rings. The predicted molar refractivity (Wildman–Crippen MR) is 178 cm³/mol. The van der Waals surface area contributed by atoms with E-state index >= 15 is 0 Å². The van der Waals surface area contributed by atoms with Gasteiger partial charge >= 0.3 is 0 Å². The first-order valence-electron chi connectivity index (χ1n) is 13.7. The maximum atomic E-state index is 12.8. The fraction of sp³-hybridized carbons (Fsp3) is 0.121. The number of rotatable bonds is 11. The number of carbonyl (C=O) groups is 1. The van der Waals surface area contributed by atoms with Crippen molar-refractivity contribution in [1.29, 1.82) is 5.26 Å². The third-order valence-corrected chi connectivity index (χ3v) is 8.36. The predicted octanol–water partition coefficient (Wildman–Crippen LogP) is 7.07. The summed E-state index contributed by atoms with van der Waals surface area (Å²) in [4.78, 5) is 38.9. The summed E-state index contributed by atoms with van der Waals surface area (Å²) in [5.74, 6) is 0.784. The van der Waals surface area contributed by atoms with E-state index in [0.29, 0.717) is 56.7 Å². The largest absolute Gasteiger partial charge is 0.492 e. The van der Waals surface area contributed by atoms with Gasteiger partial charge in [0.1, 0.15) is 24.0 Å². The van der Waals surface area contributed by atoms with Gasteiger partial charge in [0.25, 0.3) is 11.5 Å². The molecule has 0 bridgehead atoms. The average Bonchev–Trinajstić information content (AvgIpc) is 3.05. The molecule has 0 fully saturated rings. The van der Waals surface area contributed by atoms with Gasteiger partial charge in [-0.05, 0) is 72.3 Å². The zero-order valence-corrected chi connectivity index (χ0v) is 26.3. The third-order valence-electron chi connectivity index (χ3n) is 6.68. The lowest BCUT2D eigenvalue weighted by atomic mass is 10.1. The number of nitrogens with zero attached hydrogens (tertiary/aromatic N) is 4. The third kappa shape index (κ3) is 8.22. The molecule has 5 rings (SSSR count). The second-order valence-electron chi connectivity index (χ2n) is 9.78. The SMILES string of the molecule is CN(CCOc1ccc(-c2nc(SCc3cccc(NC(=O)c4ccc(Cl)c(Cl)c4)c3)[nH]c(=O)c2C#N)cc1)c1ccncc1. The van der Waals surface area contributed by atoms with Crippen molar-refractivity contribution in [1.82, 2.24) is 15.0 Å². The normalized spacial score (nSPS) is 10.6. The minimum Gasteiger partial charge on any atom is -0.492 e. The summed E-state index contributed by atoms with van der Waals surface area (Å²) in [6.07, 6.45) is 3.49. The van der Waals surface area contributed by atoms with E-state index in [1.54, 1.807) is 54.9 Å². The zero-order valence-electron chi connectivity index (χ0n) is 24.0. The number of anilines is 2. The maximum Gasteiger partial charge on any atom is 0.270 e. The lowest BCUT2D eigenvalue weighted by Crippen LogP contribution is -2.23. The summed E-state index contributed by atoms with van der Waals surface area (Å²) < 4.78 is 5.90. The van der Waals surface area contributed by atoms with Crippen LogP contribution in [0.3, 0.4) is 0 Å². The summed E-state index contributed by atoms with van der Waals surface area (Å²) in [5, 5.41) is 13.6. The van der Waals surface area contributed by atoms with E-state index in [4.69, 9.17) is 27.9 Å². The van der Waals surface area contributed by atoms with E-state index in [0.717, 1.165) is 11.3 Å². The highest BCUT2D eigenvalue weighted by atomic mass is 35.5. The first kappa shape index (κ1) is 31.6. The van der Waals surface area contributed by atoms with Crippen LogP contribution in [0.1, 0.15) is 21.5 Å². The Morgan fingerprint density at radius 2 is 1.82 bits per heavy atom. The topological polar surface area (TPSA) is 124 Å². The number of ether oxygens (including phenoxy) is 1. The Morgan fingerprint density at radius 1 is 1.04 bits per heavy atom. The lowest BCUT2D eigenvalue weighted by Gasteiger charge is -2.19. The van der Waals surface area contributed by atoms with Gasteiger partial charge in [0, 0.05) is 47.7 Å². The van der Waals surface area contributed by atoms with Crippen LogP contribution >= 0.6 is 35.0 Å². The molecular formula is C33H26Cl2N6O3S. The molecule has 2 heterocycles. The van der Waals surface area contributed by atoms with E-state index in [1.807, 2.05) is 43.4 Å². The smallest absolute Gasteiger partial charge is 0.270 e. The Morgan fingerprint density at radius 3 is 2.56 bits per heavy atom. The summed E-state index contributed by atoms with van der Waals surface area (Å²) in [6, 6.07) is 25.0. The average molecular weight is 658 g/mol. The van der Waals surface area contributed by atoms with Crippen LogP contribution in [-0.4, -0.2) is 41.1 Å². The Kier molecular flexibility index (Phi) is 10.4. The second kappa shape index (κ2) is 14.8. The lowest BCUT2D eigenvalue weighted by molar-refractivity contribution is 0.102. The van der Waals surface area contributed by atoms with Gasteiger partial charge in [0.05, 0.1) is 22.3 Å². The van der Waals surface area contributed by atoms with Crippen molar-refractivity contribution in [3.63, 3.8) is 0 Å². The molecule has 0 radical (unpaired) electrons. The van der Waals surface area contributed by atoms with Crippen molar-refractivity contribution >= 4 is 52.2 Å². The van der Waals surface area contributed by atoms with Crippen molar-refractivity contribution in [3.05, 3.63) is 128 Å². The molecule has 0 saturated carbocycles. The molecule has 9 nitrogen and oxygen atoms in total. The van der Waals surface area contributed by atoms with E-state index in [-0.39, 0.29) is 17.2 Å². The Balaban J connectivity index is 1.23. The number of pyridine rings is 1. The number of aromatic amines is 1. The van der Waals surface area contributed by atoms with Crippen LogP contribution in [-0.2, 0) is 5.75 Å². The maximum absolute atomic E-state index is 12.8. The summed E-state index contributed by atoms with van der Waals surface area (Å²) >= 11 is 13.3. The number of carbonyl (C=O) groups excluding carboxylic acids is 1. The van der Waals surface area contributed by atoms with Gasteiger partial charge in [-0.1, -0.05) is 47.1 Å². The van der Waals surface area contributed by atoms with Crippen molar-refractivity contribution in [2.45, 2.75) is 10.9 Å². The molecule has 0 aliphatic carbocycles. The van der Waals surface area contributed by atoms with Crippen LogP contribution < -0.4 is 20.5 Å². The fourth-order valence-electron chi connectivity index (χ4n) is 4.30. The van der Waals surface area contributed by atoms with E-state index in [9.17, 15) is 14.9 Å². The first-order chi connectivity index (χ1) is 21.8. The molecule has 2 N–H and O–H groups in total. The molecular weight excluding hydrogens is 631 g/mol. The zero-order chi connectivity index (χ0) is 31.8. The highest BCUT2D eigenvalue weighted by Gasteiger charge is 2.15. The number of thioether (sulfide) groups is 1. The number of H-pyrrole nitrogens is 1. The summed E-state index contributed by atoms with van der Waals surface area (Å²) in [5.41, 5.74) is 3.22. The minimum atomic E-state index is -0.521. The molecule has 0 saturated heterocycles. The monoisotopic (exact) mass is 656 g/mol. The van der Waals surface area contributed by atoms with E-state index < -0.39 is 5.56 Å². The molecule has 45 heavy (non-hydrogen) atoms. The Bertz CT molecular complexity index is 1910. The highest BCUT2D eigenvalue weighted by Crippen LogP contribution is 2.27. The number of nitrogens with one attached hydrogen (secondary N) is 2. The molecule has 0 spiro atoms. The van der Waals surface area contributed by atoms with Crippen LogP contribution in [0, 0.1) is 11.3 Å². The van der Waals surface area contributed by atoms with Gasteiger partial charge in [0.2, 0.25) is 0 Å². The van der Waals surface area contributed by atoms with Gasteiger partial charge in [-0.2, -0.15) is 5.26 Å². The Hall–Kier alpha value is -4.82. The van der Waals surface area contributed by atoms with Gasteiger partial charge < -0.3 is 19.9 Å². The molecule has 1 amide bonds. The minimum absolute atomic E-state index is 0.0704. The van der Waals surface area contributed by atoms with Crippen molar-refractivity contribution in [2.75, 3.05) is 30.4 Å². The number of nitriles is 1. The van der Waals surface area contributed by atoms with Crippen molar-refractivity contribution < 1.29 is 9.53 Å². The molecule has 2 aromatic heterocycles. The van der Waals surface area contributed by atoms with Crippen molar-refractivity contribution in [3.8, 4) is 23.1 Å². The van der Waals surface area contributed by atoms with Crippen LogP contribution in [0.25, 0.3) is 11.3 Å². The molecule has 5 aromatic rings. The van der Waals surface area contributed by atoms with Gasteiger partial charge in [-0.15, -0.1) is 0 Å². The highest BCUT2D eigenvalue weighted by molar-refractivity contribution is 7.98. The number of aromatic nitrogens is 3. The molecule has 0 atom stereocenters. The number of hydrogen-bond donors (Lipinski definition) is 2. The second-order valence-corrected chi connectivity index (χ2v) is 11.6. The Labute approximate surface area is 273 Å². The van der Waals surface area contributed by atoms with E-state index in [2.05, 4.69) is 25.2 Å². The summed E-state index contributed by atoms with van der Waals surface area (Å²) in [7, 11) is 1.98. The van der Waals surface area contributed by atoms with Gasteiger partial charge in [-0.3, -0.25) is 14.6 Å². The summed E-state index contributed by atoms with van der Waals surface area (Å²) in [6.45, 7) is 1.14. The number of halogens is 2. The van der Waals surface area contributed by atoms with Crippen LogP contribution in [0.5, 0.6) is 5.75 Å². The van der Waals surface area contributed by atoms with E-state index in [1.165, 1.54) is 17.8 Å². The molecule has 0 aliphatic heterocycles. The van der Waals surface area contributed by atoms with Crippen LogP contribution in [0.15, 0.2) is 101 Å². The fourth-order valence-corrected chi connectivity index (χ4v) is 5.40.